The molecule has 14 nitrogen and oxygen atoms in total. The molecule has 7 N–H and O–H groups in total. The normalized spacial score (nSPS) is 12.1. The third kappa shape index (κ3) is 13.1. The van der Waals surface area contributed by atoms with Gasteiger partial charge in [-0.05, 0) is 42.0 Å². The summed E-state index contributed by atoms with van der Waals surface area (Å²) in [5.74, 6) is -1.70. The van der Waals surface area contributed by atoms with E-state index in [9.17, 15) is 24.3 Å². The van der Waals surface area contributed by atoms with Gasteiger partial charge in [-0.2, -0.15) is 0 Å². The fraction of sp³-hybridized carbons (Fsp3) is 0.565. The number of hydrogen-bond donors (Lipinski definition) is 6. The molecule has 37 heavy (non-hydrogen) atoms. The molecule has 5 amide bonds. The molecule has 2 atom stereocenters. The fourth-order valence-corrected chi connectivity index (χ4v) is 3.17. The number of azide groups is 1. The van der Waals surface area contributed by atoms with Crippen LogP contribution in [0.25, 0.3) is 10.4 Å². The number of anilines is 1. The summed E-state index contributed by atoms with van der Waals surface area (Å²) in [7, 11) is 0. The van der Waals surface area contributed by atoms with Crippen molar-refractivity contribution in [3.8, 4) is 0 Å². The van der Waals surface area contributed by atoms with Gasteiger partial charge in [0.25, 0.3) is 0 Å². The maximum absolute atomic E-state index is 13.1. The minimum absolute atomic E-state index is 0.000690. The standard InChI is InChI=1S/C23H36N8O6/c1-15(2)20(30-19(33)9-12-37-13-11-27-31-25)22(35)29-18(4-3-10-26-23(24)36)21(34)28-17-7-5-16(14-32)6-8-17/h5-8,15,18,20,32H,3-4,9-14H2,1-2H3,(H,28,34)(H,29,35)(H,30,33)(H3,24,26,36)/t18-,20+/m0/s1. The molecule has 0 bridgehead atoms. The van der Waals surface area contributed by atoms with Crippen molar-refractivity contribution >= 4 is 29.4 Å². The zero-order chi connectivity index (χ0) is 27.6. The van der Waals surface area contributed by atoms with Crippen LogP contribution in [-0.2, 0) is 25.7 Å². The Balaban J connectivity index is 2.79. The number of rotatable bonds is 17. The number of primary amides is 1. The monoisotopic (exact) mass is 520 g/mol. The van der Waals surface area contributed by atoms with Crippen LogP contribution in [0.2, 0.25) is 0 Å². The Bertz CT molecular complexity index is 934. The molecule has 0 unspecified atom stereocenters. The van der Waals surface area contributed by atoms with Gasteiger partial charge in [0.15, 0.2) is 0 Å². The minimum atomic E-state index is -0.957. The van der Waals surface area contributed by atoms with E-state index in [-0.39, 0.29) is 51.7 Å². The minimum Gasteiger partial charge on any atom is -0.392 e. The van der Waals surface area contributed by atoms with Gasteiger partial charge in [0, 0.05) is 30.1 Å². The molecule has 0 radical (unpaired) electrons. The van der Waals surface area contributed by atoms with E-state index in [1.54, 1.807) is 38.1 Å². The lowest BCUT2D eigenvalue weighted by molar-refractivity contribution is -0.132. The lowest BCUT2D eigenvalue weighted by Crippen LogP contribution is -2.54. The van der Waals surface area contributed by atoms with Crippen molar-refractivity contribution in [1.82, 2.24) is 16.0 Å². The van der Waals surface area contributed by atoms with Crippen LogP contribution in [0.15, 0.2) is 29.4 Å². The van der Waals surface area contributed by atoms with Crippen LogP contribution in [-0.4, -0.2) is 67.2 Å². The molecule has 1 rings (SSSR count). The number of nitrogens with zero attached hydrogens (tertiary/aromatic N) is 3. The lowest BCUT2D eigenvalue weighted by Gasteiger charge is -2.25. The molecule has 0 aliphatic rings. The van der Waals surface area contributed by atoms with E-state index in [2.05, 4.69) is 31.3 Å². The zero-order valence-corrected chi connectivity index (χ0v) is 21.1. The van der Waals surface area contributed by atoms with E-state index in [1.165, 1.54) is 0 Å². The molecule has 0 aromatic heterocycles. The predicted octanol–water partition coefficient (Wildman–Crippen LogP) is 0.909. The Labute approximate surface area is 215 Å². The average Bonchev–Trinajstić information content (AvgIpc) is 2.86. The van der Waals surface area contributed by atoms with Crippen molar-refractivity contribution in [2.24, 2.45) is 16.8 Å². The van der Waals surface area contributed by atoms with Crippen LogP contribution in [0.1, 0.15) is 38.7 Å². The van der Waals surface area contributed by atoms with Gasteiger partial charge in [-0.25, -0.2) is 4.79 Å². The molecular weight excluding hydrogens is 484 g/mol. The lowest BCUT2D eigenvalue weighted by atomic mass is 10.0. The topological polar surface area (TPSA) is 221 Å². The molecule has 14 heteroatoms. The Morgan fingerprint density at radius 2 is 1.81 bits per heavy atom. The number of hydrogen-bond acceptors (Lipinski definition) is 7. The molecule has 0 saturated carbocycles. The Morgan fingerprint density at radius 1 is 1.11 bits per heavy atom. The summed E-state index contributed by atoms with van der Waals surface area (Å²) in [5, 5.41) is 23.0. The van der Waals surface area contributed by atoms with E-state index in [1.807, 2.05) is 0 Å². The van der Waals surface area contributed by atoms with Crippen LogP contribution >= 0.6 is 0 Å². The smallest absolute Gasteiger partial charge is 0.312 e. The van der Waals surface area contributed by atoms with Crippen molar-refractivity contribution < 1.29 is 29.0 Å². The third-order valence-corrected chi connectivity index (χ3v) is 5.14. The van der Waals surface area contributed by atoms with Gasteiger partial charge >= 0.3 is 6.03 Å². The summed E-state index contributed by atoms with van der Waals surface area (Å²) in [6.07, 6.45) is 0.556. The van der Waals surface area contributed by atoms with Gasteiger partial charge in [-0.3, -0.25) is 14.4 Å². The van der Waals surface area contributed by atoms with Gasteiger partial charge in [0.05, 0.1) is 19.8 Å². The summed E-state index contributed by atoms with van der Waals surface area (Å²) in [6.45, 7) is 4.01. The molecule has 0 heterocycles. The molecular formula is C23H36N8O6. The SMILES string of the molecule is CC(C)[C@@H](NC(=O)CCOCCN=[N+]=[N-])C(=O)N[C@@H](CCCNC(N)=O)C(=O)Nc1ccc(CO)cc1. The van der Waals surface area contributed by atoms with E-state index < -0.39 is 35.8 Å². The number of carbonyl (C=O) groups excluding carboxylic acids is 4. The van der Waals surface area contributed by atoms with Gasteiger partial charge < -0.3 is 36.8 Å². The van der Waals surface area contributed by atoms with E-state index in [0.717, 1.165) is 0 Å². The highest BCUT2D eigenvalue weighted by Crippen LogP contribution is 2.12. The number of ether oxygens (including phenoxy) is 1. The van der Waals surface area contributed by atoms with Crippen LogP contribution < -0.4 is 27.0 Å². The number of urea groups is 1. The molecule has 0 fully saturated rings. The fourth-order valence-electron chi connectivity index (χ4n) is 3.17. The number of aliphatic hydroxyl groups excluding tert-OH is 1. The second-order valence-corrected chi connectivity index (χ2v) is 8.44. The van der Waals surface area contributed by atoms with E-state index in [0.29, 0.717) is 17.7 Å². The molecule has 204 valence electrons. The molecule has 0 aliphatic carbocycles. The summed E-state index contributed by atoms with van der Waals surface area (Å²) in [4.78, 5) is 51.9. The second-order valence-electron chi connectivity index (χ2n) is 8.44. The number of aliphatic hydroxyl groups is 1. The third-order valence-electron chi connectivity index (χ3n) is 5.14. The molecule has 0 spiro atoms. The van der Waals surface area contributed by atoms with Gasteiger partial charge in [0.1, 0.15) is 12.1 Å². The first-order valence-electron chi connectivity index (χ1n) is 11.9. The van der Waals surface area contributed by atoms with E-state index >= 15 is 0 Å². The summed E-state index contributed by atoms with van der Waals surface area (Å²) < 4.78 is 5.22. The number of nitrogens with two attached hydrogens (primary N) is 1. The Hall–Kier alpha value is -3.87. The van der Waals surface area contributed by atoms with Crippen molar-refractivity contribution in [2.75, 3.05) is 31.6 Å². The average molecular weight is 521 g/mol. The summed E-state index contributed by atoms with van der Waals surface area (Å²) in [6, 6.07) is 4.01. The molecule has 1 aromatic carbocycles. The van der Waals surface area contributed by atoms with Gasteiger partial charge in [0.2, 0.25) is 17.7 Å². The van der Waals surface area contributed by atoms with E-state index in [4.69, 9.17) is 16.0 Å². The molecule has 1 aromatic rings. The maximum atomic E-state index is 13.1. The van der Waals surface area contributed by atoms with Crippen LogP contribution in [0.4, 0.5) is 10.5 Å². The van der Waals surface area contributed by atoms with Gasteiger partial charge in [-0.15, -0.1) is 0 Å². The highest BCUT2D eigenvalue weighted by molar-refractivity contribution is 5.98. The van der Waals surface area contributed by atoms with Gasteiger partial charge in [-0.1, -0.05) is 31.1 Å². The van der Waals surface area contributed by atoms with Crippen LogP contribution in [0.3, 0.4) is 0 Å². The highest BCUT2D eigenvalue weighted by Gasteiger charge is 2.28. The van der Waals surface area contributed by atoms with Crippen LogP contribution in [0, 0.1) is 5.92 Å². The molecule has 0 aliphatic heterocycles. The maximum Gasteiger partial charge on any atom is 0.312 e. The number of nitrogens with one attached hydrogen (secondary N) is 4. The number of carbonyl (C=O) groups is 4. The molecule has 0 saturated heterocycles. The zero-order valence-electron chi connectivity index (χ0n) is 21.1. The first-order valence-corrected chi connectivity index (χ1v) is 11.9. The summed E-state index contributed by atoms with van der Waals surface area (Å²) in [5.41, 5.74) is 14.5. The van der Waals surface area contributed by atoms with Crippen molar-refractivity contribution in [2.45, 2.75) is 51.8 Å². The highest BCUT2D eigenvalue weighted by atomic mass is 16.5. The predicted molar refractivity (Wildman–Crippen MR) is 136 cm³/mol. The first kappa shape index (κ1) is 31.2. The first-order chi connectivity index (χ1) is 17.7. The Morgan fingerprint density at radius 3 is 2.41 bits per heavy atom. The van der Waals surface area contributed by atoms with Crippen LogP contribution in [0.5, 0.6) is 0 Å². The largest absolute Gasteiger partial charge is 0.392 e. The summed E-state index contributed by atoms with van der Waals surface area (Å²) >= 11 is 0. The Kier molecular flexibility index (Phi) is 14.8. The number of amides is 5. The van der Waals surface area contributed by atoms with Crippen molar-refractivity contribution in [1.29, 1.82) is 0 Å². The van der Waals surface area contributed by atoms with Crippen molar-refractivity contribution in [3.63, 3.8) is 0 Å². The van der Waals surface area contributed by atoms with Crippen molar-refractivity contribution in [3.05, 3.63) is 40.3 Å². The second kappa shape index (κ2) is 17.5. The quantitative estimate of drug-likeness (QED) is 0.0757. The number of benzene rings is 1.